The minimum Gasteiger partial charge on any atom is -0.395 e. The summed E-state index contributed by atoms with van der Waals surface area (Å²) in [6.45, 7) is 0.130. The molecular formula is C16H16FN5O5S. The standard InChI is InChI=1S/C16H16FN5O5S/c17-10-2-1-9-7-12(11(9)8-10)22-15(21-26-16(22)24)13-14(20-27-19-13)18-3-5-28(25)6-4-23/h1-2,8,12,23H,3-7H2,(H,18,20). The summed E-state index contributed by atoms with van der Waals surface area (Å²) in [5, 5.41) is 23.0. The summed E-state index contributed by atoms with van der Waals surface area (Å²) in [4.78, 5) is 12.2. The molecule has 0 amide bonds. The van der Waals surface area contributed by atoms with Crippen LogP contribution in [-0.2, 0) is 17.2 Å². The van der Waals surface area contributed by atoms with Crippen molar-refractivity contribution in [1.82, 2.24) is 20.0 Å². The molecule has 12 heteroatoms. The second-order valence-corrected chi connectivity index (χ2v) is 7.86. The molecule has 0 aliphatic heterocycles. The van der Waals surface area contributed by atoms with Crippen LogP contribution in [0, 0.1) is 5.82 Å². The number of nitrogens with one attached hydrogen (secondary N) is 1. The molecule has 10 nitrogen and oxygen atoms in total. The Kier molecular flexibility index (Phi) is 5.05. The smallest absolute Gasteiger partial charge is 0.395 e. The molecule has 1 aliphatic rings. The van der Waals surface area contributed by atoms with E-state index in [-0.39, 0.29) is 42.0 Å². The molecule has 0 bridgehead atoms. The minimum absolute atomic E-state index is 0.102. The SMILES string of the molecule is O=c1onc(-c2nonc2NCCS(=O)CCO)n1C1Cc2ccc(F)cc21. The molecule has 2 heterocycles. The molecule has 2 N–H and O–H groups in total. The van der Waals surface area contributed by atoms with Gasteiger partial charge < -0.3 is 10.4 Å². The maximum absolute atomic E-state index is 13.6. The number of nitrogens with zero attached hydrogens (tertiary/aromatic N) is 4. The van der Waals surface area contributed by atoms with Crippen molar-refractivity contribution in [3.63, 3.8) is 0 Å². The van der Waals surface area contributed by atoms with Crippen molar-refractivity contribution >= 4 is 16.6 Å². The lowest BCUT2D eigenvalue weighted by molar-refractivity contribution is 0.309. The lowest BCUT2D eigenvalue weighted by Crippen LogP contribution is -2.31. The van der Waals surface area contributed by atoms with Crippen LogP contribution in [0.2, 0.25) is 0 Å². The minimum atomic E-state index is -1.18. The fourth-order valence-electron chi connectivity index (χ4n) is 3.11. The highest BCUT2D eigenvalue weighted by Crippen LogP contribution is 2.38. The van der Waals surface area contributed by atoms with Crippen molar-refractivity contribution in [3.8, 4) is 11.5 Å². The fourth-order valence-corrected chi connectivity index (χ4v) is 3.84. The van der Waals surface area contributed by atoms with Gasteiger partial charge >= 0.3 is 5.76 Å². The molecule has 28 heavy (non-hydrogen) atoms. The Hall–Kier alpha value is -2.86. The number of hydrogen-bond acceptors (Lipinski definition) is 9. The maximum Gasteiger partial charge on any atom is 0.442 e. The zero-order chi connectivity index (χ0) is 19.7. The predicted molar refractivity (Wildman–Crippen MR) is 95.7 cm³/mol. The van der Waals surface area contributed by atoms with Gasteiger partial charge in [0.05, 0.1) is 12.6 Å². The van der Waals surface area contributed by atoms with Crippen molar-refractivity contribution in [1.29, 1.82) is 0 Å². The van der Waals surface area contributed by atoms with E-state index in [4.69, 9.17) is 14.3 Å². The Balaban J connectivity index is 1.58. The molecule has 0 saturated heterocycles. The van der Waals surface area contributed by atoms with Gasteiger partial charge in [-0.15, -0.1) is 0 Å². The molecule has 1 aromatic carbocycles. The molecule has 0 radical (unpaired) electrons. The largest absolute Gasteiger partial charge is 0.442 e. The van der Waals surface area contributed by atoms with Crippen LogP contribution in [0.5, 0.6) is 0 Å². The average Bonchev–Trinajstić information content (AvgIpc) is 3.25. The average molecular weight is 409 g/mol. The maximum atomic E-state index is 13.6. The quantitative estimate of drug-likeness (QED) is 0.539. The predicted octanol–water partition coefficient (Wildman–Crippen LogP) is 0.324. The highest BCUT2D eigenvalue weighted by atomic mass is 32.2. The first kappa shape index (κ1) is 18.5. The Morgan fingerprint density at radius 3 is 3.00 bits per heavy atom. The molecule has 0 fully saturated rings. The molecule has 1 aliphatic carbocycles. The molecular weight excluding hydrogens is 393 g/mol. The van der Waals surface area contributed by atoms with Crippen molar-refractivity contribution in [2.24, 2.45) is 0 Å². The van der Waals surface area contributed by atoms with Crippen LogP contribution < -0.4 is 11.1 Å². The Morgan fingerprint density at radius 1 is 1.32 bits per heavy atom. The number of benzene rings is 1. The molecule has 4 rings (SSSR count). The van der Waals surface area contributed by atoms with E-state index in [1.165, 1.54) is 16.7 Å². The lowest BCUT2D eigenvalue weighted by Gasteiger charge is -2.30. The van der Waals surface area contributed by atoms with Crippen molar-refractivity contribution < 1.29 is 22.9 Å². The van der Waals surface area contributed by atoms with E-state index in [0.29, 0.717) is 12.0 Å². The van der Waals surface area contributed by atoms with E-state index in [9.17, 15) is 13.4 Å². The van der Waals surface area contributed by atoms with E-state index < -0.39 is 28.4 Å². The number of rotatable bonds is 8. The molecule has 3 aromatic rings. The van der Waals surface area contributed by atoms with Crippen LogP contribution in [0.1, 0.15) is 17.2 Å². The number of aliphatic hydroxyl groups is 1. The van der Waals surface area contributed by atoms with E-state index in [2.05, 4.69) is 20.8 Å². The van der Waals surface area contributed by atoms with Gasteiger partial charge in [0.2, 0.25) is 11.6 Å². The topological polar surface area (TPSA) is 136 Å². The first-order valence-electron chi connectivity index (χ1n) is 8.47. The van der Waals surface area contributed by atoms with Gasteiger partial charge in [0.1, 0.15) is 5.82 Å². The number of fused-ring (bicyclic) bond motifs is 1. The molecule has 2 aromatic heterocycles. The van der Waals surface area contributed by atoms with Gasteiger partial charge in [-0.05, 0) is 40.0 Å². The van der Waals surface area contributed by atoms with Crippen LogP contribution in [0.15, 0.2) is 32.1 Å². The van der Waals surface area contributed by atoms with Gasteiger partial charge in [-0.1, -0.05) is 11.2 Å². The monoisotopic (exact) mass is 409 g/mol. The van der Waals surface area contributed by atoms with E-state index in [1.807, 2.05) is 0 Å². The van der Waals surface area contributed by atoms with Crippen LogP contribution in [-0.4, -0.2) is 54.0 Å². The van der Waals surface area contributed by atoms with E-state index in [0.717, 1.165) is 5.56 Å². The van der Waals surface area contributed by atoms with Crippen molar-refractivity contribution in [2.75, 3.05) is 30.0 Å². The summed E-state index contributed by atoms with van der Waals surface area (Å²) >= 11 is 0. The number of aromatic nitrogens is 4. The molecule has 0 spiro atoms. The third-order valence-electron chi connectivity index (χ3n) is 4.47. The van der Waals surface area contributed by atoms with Gasteiger partial charge in [-0.2, -0.15) is 0 Å². The summed E-state index contributed by atoms with van der Waals surface area (Å²) in [6, 6.07) is 4.00. The first-order chi connectivity index (χ1) is 13.6. The molecule has 0 saturated carbocycles. The second kappa shape index (κ2) is 7.64. The third kappa shape index (κ3) is 3.36. The summed E-state index contributed by atoms with van der Waals surface area (Å²) in [6.07, 6.45) is 0.526. The van der Waals surface area contributed by atoms with Crippen LogP contribution in [0.25, 0.3) is 11.5 Å². The fraction of sp³-hybridized carbons (Fsp3) is 0.375. The molecule has 2 unspecified atom stereocenters. The van der Waals surface area contributed by atoms with Crippen molar-refractivity contribution in [3.05, 3.63) is 45.7 Å². The lowest BCUT2D eigenvalue weighted by atomic mass is 9.83. The van der Waals surface area contributed by atoms with Gasteiger partial charge in [0.15, 0.2) is 5.69 Å². The zero-order valence-corrected chi connectivity index (χ0v) is 15.3. The normalized spacial score (nSPS) is 16.4. The van der Waals surface area contributed by atoms with E-state index >= 15 is 0 Å². The summed E-state index contributed by atoms with van der Waals surface area (Å²) < 4.78 is 36.0. The summed E-state index contributed by atoms with van der Waals surface area (Å²) in [7, 11) is -1.18. The molecule has 2 atom stereocenters. The highest BCUT2D eigenvalue weighted by Gasteiger charge is 2.34. The number of aliphatic hydroxyl groups excluding tert-OH is 1. The van der Waals surface area contributed by atoms with Gasteiger partial charge in [-0.25, -0.2) is 18.4 Å². The zero-order valence-electron chi connectivity index (χ0n) is 14.5. The Morgan fingerprint density at radius 2 is 2.18 bits per heavy atom. The third-order valence-corrected chi connectivity index (χ3v) is 5.77. The van der Waals surface area contributed by atoms with Gasteiger partial charge in [0.25, 0.3) is 0 Å². The highest BCUT2D eigenvalue weighted by molar-refractivity contribution is 7.85. The first-order valence-corrected chi connectivity index (χ1v) is 9.96. The van der Waals surface area contributed by atoms with Gasteiger partial charge in [0, 0.05) is 28.9 Å². The van der Waals surface area contributed by atoms with Gasteiger partial charge in [-0.3, -0.25) is 8.73 Å². The Bertz CT molecular complexity index is 1080. The summed E-state index contributed by atoms with van der Waals surface area (Å²) in [5.74, 6) is -0.310. The number of hydrogen-bond donors (Lipinski definition) is 2. The number of halogens is 1. The Labute approximate surface area is 159 Å². The second-order valence-electron chi connectivity index (χ2n) is 6.17. The summed E-state index contributed by atoms with van der Waals surface area (Å²) in [5.41, 5.74) is 1.77. The van der Waals surface area contributed by atoms with Crippen molar-refractivity contribution in [2.45, 2.75) is 12.5 Å². The van der Waals surface area contributed by atoms with Crippen LogP contribution >= 0.6 is 0 Å². The van der Waals surface area contributed by atoms with Crippen LogP contribution in [0.3, 0.4) is 0 Å². The van der Waals surface area contributed by atoms with Crippen LogP contribution in [0.4, 0.5) is 10.2 Å². The number of anilines is 1. The van der Waals surface area contributed by atoms with E-state index in [1.54, 1.807) is 6.07 Å². The molecule has 148 valence electrons.